The van der Waals surface area contributed by atoms with Crippen LogP contribution in [-0.2, 0) is 9.59 Å². The van der Waals surface area contributed by atoms with Gasteiger partial charge in [-0.15, -0.1) is 0 Å². The van der Waals surface area contributed by atoms with E-state index in [1.807, 2.05) is 0 Å². The van der Waals surface area contributed by atoms with E-state index in [0.717, 1.165) is 37.5 Å². The summed E-state index contributed by atoms with van der Waals surface area (Å²) < 4.78 is 0. The molecule has 0 bridgehead atoms. The highest BCUT2D eigenvalue weighted by Crippen LogP contribution is 2.56. The zero-order valence-corrected chi connectivity index (χ0v) is 17.3. The Morgan fingerprint density at radius 3 is 2.67 bits per heavy atom. The Balaban J connectivity index is 1.99. The summed E-state index contributed by atoms with van der Waals surface area (Å²) in [5.41, 5.74) is 6.22. The Hall–Kier alpha value is -1.96. The van der Waals surface area contributed by atoms with Crippen molar-refractivity contribution < 1.29 is 9.59 Å². The molecule has 0 aliphatic heterocycles. The van der Waals surface area contributed by atoms with Gasteiger partial charge < -0.3 is 0 Å². The van der Waals surface area contributed by atoms with Crippen LogP contribution in [0.5, 0.6) is 0 Å². The van der Waals surface area contributed by atoms with E-state index in [1.54, 1.807) is 6.08 Å². The lowest BCUT2D eigenvalue weighted by atomic mass is 9.65. The highest BCUT2D eigenvalue weighted by Gasteiger charge is 2.48. The topological polar surface area (TPSA) is 34.1 Å². The normalized spacial score (nSPS) is 36.9. The number of ketones is 1. The molecular weight excluding hydrogens is 332 g/mol. The number of fused-ring (bicyclic) bond motifs is 2. The maximum absolute atomic E-state index is 12.5. The average Bonchev–Trinajstić information content (AvgIpc) is 3.04. The van der Waals surface area contributed by atoms with E-state index in [4.69, 9.17) is 0 Å². The molecule has 0 amide bonds. The summed E-state index contributed by atoms with van der Waals surface area (Å²) in [7, 11) is 0. The van der Waals surface area contributed by atoms with Crippen molar-refractivity contribution in [3.05, 3.63) is 58.2 Å². The van der Waals surface area contributed by atoms with Gasteiger partial charge in [0.1, 0.15) is 6.29 Å². The van der Waals surface area contributed by atoms with E-state index in [0.29, 0.717) is 11.5 Å². The SMILES string of the molecule is CC(C)=C/C=C/C(C)=C1\CC[C@]2(C)C[C@@H]3C(C)=CC(=O)[C@@H]3/C(C=O)=C\C[C@@H]12. The molecule has 3 aliphatic carbocycles. The minimum absolute atomic E-state index is 0.118. The van der Waals surface area contributed by atoms with Crippen molar-refractivity contribution in [3.8, 4) is 0 Å². The van der Waals surface area contributed by atoms with Gasteiger partial charge in [-0.3, -0.25) is 9.59 Å². The van der Waals surface area contributed by atoms with E-state index >= 15 is 0 Å². The highest BCUT2D eigenvalue weighted by atomic mass is 16.1. The minimum Gasteiger partial charge on any atom is -0.298 e. The molecule has 27 heavy (non-hydrogen) atoms. The molecule has 2 nitrogen and oxygen atoms in total. The number of allylic oxidation sites excluding steroid dienone is 10. The lowest BCUT2D eigenvalue weighted by Gasteiger charge is -2.38. The first-order chi connectivity index (χ1) is 12.8. The predicted octanol–water partition coefficient (Wildman–Crippen LogP) is 5.92. The Kier molecular flexibility index (Phi) is 5.55. The summed E-state index contributed by atoms with van der Waals surface area (Å²) in [6.07, 6.45) is 15.4. The molecule has 0 aromatic rings. The molecule has 0 N–H and O–H groups in total. The first kappa shape index (κ1) is 19.8. The zero-order chi connectivity index (χ0) is 19.8. The monoisotopic (exact) mass is 364 g/mol. The smallest absolute Gasteiger partial charge is 0.163 e. The van der Waals surface area contributed by atoms with Crippen LogP contribution in [0.4, 0.5) is 0 Å². The van der Waals surface area contributed by atoms with Crippen LogP contribution in [0.15, 0.2) is 58.2 Å². The quantitative estimate of drug-likeness (QED) is 0.460. The second-order valence-electron chi connectivity index (χ2n) is 9.15. The maximum atomic E-state index is 12.5. The van der Waals surface area contributed by atoms with E-state index in [1.165, 1.54) is 16.7 Å². The average molecular weight is 365 g/mol. The van der Waals surface area contributed by atoms with Crippen molar-refractivity contribution in [3.63, 3.8) is 0 Å². The molecule has 1 fully saturated rings. The van der Waals surface area contributed by atoms with Gasteiger partial charge in [-0.25, -0.2) is 0 Å². The second-order valence-corrected chi connectivity index (χ2v) is 9.15. The third-order valence-corrected chi connectivity index (χ3v) is 6.94. The van der Waals surface area contributed by atoms with Crippen LogP contribution in [-0.4, -0.2) is 12.1 Å². The van der Waals surface area contributed by atoms with Crippen LogP contribution in [0.25, 0.3) is 0 Å². The van der Waals surface area contributed by atoms with Crippen molar-refractivity contribution in [1.82, 2.24) is 0 Å². The van der Waals surface area contributed by atoms with Crippen molar-refractivity contribution in [2.24, 2.45) is 23.2 Å². The van der Waals surface area contributed by atoms with E-state index in [-0.39, 0.29) is 23.0 Å². The summed E-state index contributed by atoms with van der Waals surface area (Å²) >= 11 is 0. The molecule has 0 unspecified atom stereocenters. The van der Waals surface area contributed by atoms with Gasteiger partial charge in [-0.05, 0) is 82.3 Å². The molecule has 0 aromatic carbocycles. The number of hydrogen-bond donors (Lipinski definition) is 0. The lowest BCUT2D eigenvalue weighted by Crippen LogP contribution is -2.32. The van der Waals surface area contributed by atoms with Crippen molar-refractivity contribution in [2.45, 2.75) is 60.3 Å². The van der Waals surface area contributed by atoms with Crippen LogP contribution >= 0.6 is 0 Å². The van der Waals surface area contributed by atoms with E-state index in [9.17, 15) is 9.59 Å². The van der Waals surface area contributed by atoms with Gasteiger partial charge in [0.05, 0.1) is 5.92 Å². The van der Waals surface area contributed by atoms with E-state index < -0.39 is 0 Å². The standard InChI is InChI=1S/C25H32O2/c1-16(2)7-6-8-17(3)20-11-12-25(5)14-21-18(4)13-23(27)24(21)19(15-26)9-10-22(20)25/h6-9,13,15,21-22,24H,10-12,14H2,1-5H3/b8-6+,19-9-,20-17+/t21-,22+,24-,25-/m1/s1. The van der Waals surface area contributed by atoms with E-state index in [2.05, 4.69) is 58.9 Å². The molecule has 3 rings (SSSR count). The van der Waals surface area contributed by atoms with Gasteiger partial charge in [-0.1, -0.05) is 53.5 Å². The lowest BCUT2D eigenvalue weighted by molar-refractivity contribution is -0.119. The van der Waals surface area contributed by atoms with Gasteiger partial charge in [-0.2, -0.15) is 0 Å². The fraction of sp³-hybridized carbons (Fsp3) is 0.520. The number of carbonyl (C=O) groups is 2. The fourth-order valence-electron chi connectivity index (χ4n) is 5.39. The summed E-state index contributed by atoms with van der Waals surface area (Å²) in [6.45, 7) is 10.9. The van der Waals surface area contributed by atoms with Crippen LogP contribution in [0.1, 0.15) is 60.3 Å². The first-order valence-corrected chi connectivity index (χ1v) is 10.2. The Morgan fingerprint density at radius 1 is 1.26 bits per heavy atom. The molecule has 2 heteroatoms. The summed E-state index contributed by atoms with van der Waals surface area (Å²) in [4.78, 5) is 24.2. The van der Waals surface area contributed by atoms with Crippen LogP contribution in [0.3, 0.4) is 0 Å². The first-order valence-electron chi connectivity index (χ1n) is 10.2. The fourth-order valence-corrected chi connectivity index (χ4v) is 5.39. The third-order valence-electron chi connectivity index (χ3n) is 6.94. The number of rotatable bonds is 3. The minimum atomic E-state index is -0.244. The van der Waals surface area contributed by atoms with Gasteiger partial charge in [0, 0.05) is 0 Å². The second kappa shape index (κ2) is 7.58. The van der Waals surface area contributed by atoms with Gasteiger partial charge >= 0.3 is 0 Å². The largest absolute Gasteiger partial charge is 0.298 e. The number of hydrogen-bond acceptors (Lipinski definition) is 2. The summed E-state index contributed by atoms with van der Waals surface area (Å²) in [5, 5.41) is 0. The Morgan fingerprint density at radius 2 is 2.00 bits per heavy atom. The summed E-state index contributed by atoms with van der Waals surface area (Å²) in [5.74, 6) is 0.510. The van der Waals surface area contributed by atoms with Crippen molar-refractivity contribution in [1.29, 1.82) is 0 Å². The number of aldehydes is 1. The third kappa shape index (κ3) is 3.72. The molecule has 0 radical (unpaired) electrons. The number of carbonyl (C=O) groups excluding carboxylic acids is 2. The van der Waals surface area contributed by atoms with Crippen molar-refractivity contribution >= 4 is 12.1 Å². The highest BCUT2D eigenvalue weighted by molar-refractivity contribution is 6.01. The maximum Gasteiger partial charge on any atom is 0.163 e. The molecule has 4 atom stereocenters. The van der Waals surface area contributed by atoms with Crippen molar-refractivity contribution in [2.75, 3.05) is 0 Å². The summed E-state index contributed by atoms with van der Waals surface area (Å²) in [6, 6.07) is 0. The Bertz CT molecular complexity index is 798. The molecule has 0 heterocycles. The molecular formula is C25H32O2. The van der Waals surface area contributed by atoms with Gasteiger partial charge in [0.25, 0.3) is 0 Å². The van der Waals surface area contributed by atoms with Gasteiger partial charge in [0.2, 0.25) is 0 Å². The molecule has 3 aliphatic rings. The predicted molar refractivity (Wildman–Crippen MR) is 111 cm³/mol. The molecule has 144 valence electrons. The molecule has 0 saturated heterocycles. The molecule has 0 spiro atoms. The van der Waals surface area contributed by atoms with Crippen LogP contribution in [0, 0.1) is 23.2 Å². The zero-order valence-electron chi connectivity index (χ0n) is 17.3. The molecule has 0 aromatic heterocycles. The van der Waals surface area contributed by atoms with Gasteiger partial charge in [0.15, 0.2) is 5.78 Å². The molecule has 1 saturated carbocycles. The Labute approximate surface area is 163 Å². The van der Waals surface area contributed by atoms with Crippen LogP contribution in [0.2, 0.25) is 0 Å². The van der Waals surface area contributed by atoms with Crippen LogP contribution < -0.4 is 0 Å².